The highest BCUT2D eigenvalue weighted by molar-refractivity contribution is 7.92. The summed E-state index contributed by atoms with van der Waals surface area (Å²) in [5.41, 5.74) is 0.590. The quantitative estimate of drug-likeness (QED) is 0.266. The lowest BCUT2D eigenvalue weighted by Gasteiger charge is -2.34. The maximum Gasteiger partial charge on any atom is 0.319 e. The molecule has 0 saturated carbocycles. The highest BCUT2D eigenvalue weighted by Gasteiger charge is 2.35. The fourth-order valence-electron chi connectivity index (χ4n) is 5.27. The standard InChI is InChI=1S/C31H34ClN5O6S2/c32-28-15-14-26(44-28)16-19-45(41,42)35-27-9-5-17-36(30(27)39)21-29(38)37-18-4-6-23(37)20-33-31(40)34-22-10-12-25(13-11-22)43-24-7-2-1-3-8-24/h1-3,7-8,10-16,19,23,27,35H,4-6,9,17-18,20-21H2,(H2,33,34,40)/t23-,27-/m0/s1. The zero-order valence-corrected chi connectivity index (χ0v) is 26.7. The van der Waals surface area contributed by atoms with E-state index in [1.165, 1.54) is 22.3 Å². The number of rotatable bonds is 11. The molecule has 45 heavy (non-hydrogen) atoms. The Morgan fingerprint density at radius 1 is 0.978 bits per heavy atom. The topological polar surface area (TPSA) is 137 Å². The third-order valence-electron chi connectivity index (χ3n) is 7.46. The molecule has 1 aromatic heterocycles. The number of hydrogen-bond acceptors (Lipinski definition) is 7. The number of amides is 4. The zero-order valence-electron chi connectivity index (χ0n) is 24.4. The van der Waals surface area contributed by atoms with Crippen LogP contribution >= 0.6 is 22.9 Å². The van der Waals surface area contributed by atoms with E-state index in [0.29, 0.717) is 52.3 Å². The number of carbonyl (C=O) groups excluding carboxylic acids is 3. The number of halogens is 1. The fraction of sp³-hybridized carbons (Fsp3) is 0.323. The van der Waals surface area contributed by atoms with E-state index in [1.54, 1.807) is 41.3 Å². The minimum absolute atomic E-state index is 0.152. The van der Waals surface area contributed by atoms with E-state index < -0.39 is 28.0 Å². The number of nitrogens with zero attached hydrogens (tertiary/aromatic N) is 2. The second-order valence-corrected chi connectivity index (χ2v) is 14.1. The van der Waals surface area contributed by atoms with Crippen LogP contribution in [-0.2, 0) is 19.6 Å². The molecule has 0 spiro atoms. The van der Waals surface area contributed by atoms with E-state index in [4.69, 9.17) is 16.3 Å². The smallest absolute Gasteiger partial charge is 0.319 e. The van der Waals surface area contributed by atoms with Crippen molar-refractivity contribution in [1.29, 1.82) is 0 Å². The minimum atomic E-state index is -3.89. The number of para-hydroxylation sites is 1. The summed E-state index contributed by atoms with van der Waals surface area (Å²) in [7, 11) is -3.89. The molecule has 2 aliphatic heterocycles. The molecule has 238 valence electrons. The molecular weight excluding hydrogens is 638 g/mol. The maximum atomic E-state index is 13.3. The third kappa shape index (κ3) is 9.30. The lowest BCUT2D eigenvalue weighted by Crippen LogP contribution is -2.55. The summed E-state index contributed by atoms with van der Waals surface area (Å²) in [6, 6.07) is 18.2. The molecule has 2 atom stereocenters. The Morgan fingerprint density at radius 2 is 1.71 bits per heavy atom. The van der Waals surface area contributed by atoms with Crippen molar-refractivity contribution in [2.24, 2.45) is 0 Å². The van der Waals surface area contributed by atoms with Crippen LogP contribution in [0.15, 0.2) is 72.1 Å². The number of piperidine rings is 1. The summed E-state index contributed by atoms with van der Waals surface area (Å²) >= 11 is 7.14. The Hall–Kier alpha value is -3.91. The van der Waals surface area contributed by atoms with Gasteiger partial charge in [-0.3, -0.25) is 9.59 Å². The lowest BCUT2D eigenvalue weighted by molar-refractivity contribution is -0.143. The van der Waals surface area contributed by atoms with Gasteiger partial charge in [-0.1, -0.05) is 29.8 Å². The Morgan fingerprint density at radius 3 is 2.44 bits per heavy atom. The summed E-state index contributed by atoms with van der Waals surface area (Å²) in [4.78, 5) is 42.7. The molecule has 4 amide bonds. The summed E-state index contributed by atoms with van der Waals surface area (Å²) < 4.78 is 34.0. The van der Waals surface area contributed by atoms with Crippen LogP contribution in [0.5, 0.6) is 11.5 Å². The summed E-state index contributed by atoms with van der Waals surface area (Å²) in [6.07, 6.45) is 3.82. The van der Waals surface area contributed by atoms with Crippen molar-refractivity contribution in [2.75, 3.05) is 31.5 Å². The molecule has 0 radical (unpaired) electrons. The van der Waals surface area contributed by atoms with Gasteiger partial charge in [0.05, 0.1) is 10.9 Å². The van der Waals surface area contributed by atoms with Crippen molar-refractivity contribution >= 4 is 62.6 Å². The van der Waals surface area contributed by atoms with Crippen LogP contribution in [0.3, 0.4) is 0 Å². The van der Waals surface area contributed by atoms with Crippen molar-refractivity contribution in [3.63, 3.8) is 0 Å². The van der Waals surface area contributed by atoms with Gasteiger partial charge in [0.15, 0.2) is 0 Å². The van der Waals surface area contributed by atoms with Gasteiger partial charge in [0.25, 0.3) is 0 Å². The van der Waals surface area contributed by atoms with E-state index in [-0.39, 0.29) is 25.0 Å². The van der Waals surface area contributed by atoms with Crippen molar-refractivity contribution in [3.8, 4) is 11.5 Å². The fourth-order valence-corrected chi connectivity index (χ4v) is 7.34. The molecule has 0 bridgehead atoms. The van der Waals surface area contributed by atoms with Gasteiger partial charge in [0.2, 0.25) is 21.8 Å². The normalized spacial score (nSPS) is 18.7. The second kappa shape index (κ2) is 14.9. The number of anilines is 1. The second-order valence-electron chi connectivity index (χ2n) is 10.7. The van der Waals surface area contributed by atoms with Gasteiger partial charge < -0.3 is 25.2 Å². The number of ether oxygens (including phenoxy) is 1. The Kier molecular flexibility index (Phi) is 10.8. The molecule has 2 saturated heterocycles. The number of nitrogens with one attached hydrogen (secondary N) is 3. The van der Waals surface area contributed by atoms with E-state index in [9.17, 15) is 22.8 Å². The molecule has 2 aliphatic rings. The maximum absolute atomic E-state index is 13.3. The van der Waals surface area contributed by atoms with Crippen LogP contribution in [0.1, 0.15) is 30.6 Å². The van der Waals surface area contributed by atoms with Gasteiger partial charge in [-0.15, -0.1) is 11.3 Å². The SMILES string of the molecule is O=C(NC[C@@H]1CCCN1C(=O)CN1CCC[C@H](NS(=O)(=O)C=Cc2ccc(Cl)s2)C1=O)Nc1ccc(Oc2ccccc2)cc1. The highest BCUT2D eigenvalue weighted by Crippen LogP contribution is 2.24. The number of thiophene rings is 1. The molecule has 2 aromatic carbocycles. The van der Waals surface area contributed by atoms with E-state index in [0.717, 1.165) is 18.2 Å². The van der Waals surface area contributed by atoms with Gasteiger partial charge in [0, 0.05) is 41.6 Å². The number of hydrogen-bond donors (Lipinski definition) is 3. The average molecular weight is 672 g/mol. The number of benzene rings is 2. The summed E-state index contributed by atoms with van der Waals surface area (Å²) in [5.74, 6) is 0.684. The van der Waals surface area contributed by atoms with Gasteiger partial charge in [-0.2, -0.15) is 4.72 Å². The third-order valence-corrected chi connectivity index (χ3v) is 9.76. The number of urea groups is 1. The van der Waals surface area contributed by atoms with Gasteiger partial charge in [0.1, 0.15) is 17.5 Å². The zero-order chi connectivity index (χ0) is 31.8. The predicted octanol–water partition coefficient (Wildman–Crippen LogP) is 4.89. The molecule has 5 rings (SSSR count). The van der Waals surface area contributed by atoms with Crippen LogP contribution in [0.4, 0.5) is 10.5 Å². The highest BCUT2D eigenvalue weighted by atomic mass is 35.5. The first-order chi connectivity index (χ1) is 21.6. The largest absolute Gasteiger partial charge is 0.457 e. The lowest BCUT2D eigenvalue weighted by atomic mass is 10.1. The molecule has 0 aliphatic carbocycles. The first-order valence-corrected chi connectivity index (χ1v) is 17.3. The Balaban J connectivity index is 1.08. The Bertz CT molecular complexity index is 1630. The average Bonchev–Trinajstić information content (AvgIpc) is 3.67. The number of carbonyl (C=O) groups is 3. The molecule has 2 fully saturated rings. The molecule has 0 unspecified atom stereocenters. The van der Waals surface area contributed by atoms with Crippen molar-refractivity contribution in [1.82, 2.24) is 19.8 Å². The summed E-state index contributed by atoms with van der Waals surface area (Å²) in [5, 5.41) is 6.64. The van der Waals surface area contributed by atoms with Crippen molar-refractivity contribution < 1.29 is 27.5 Å². The molecule has 3 N–H and O–H groups in total. The Labute approximate surface area is 271 Å². The van der Waals surface area contributed by atoms with Gasteiger partial charge in [-0.25, -0.2) is 13.2 Å². The molecule has 14 heteroatoms. The van der Waals surface area contributed by atoms with Crippen LogP contribution in [-0.4, -0.2) is 74.3 Å². The van der Waals surface area contributed by atoms with Crippen LogP contribution in [0.2, 0.25) is 4.34 Å². The number of sulfonamides is 1. The van der Waals surface area contributed by atoms with Crippen molar-refractivity contribution in [2.45, 2.75) is 37.8 Å². The first-order valence-electron chi connectivity index (χ1n) is 14.6. The van der Waals surface area contributed by atoms with Crippen LogP contribution < -0.4 is 20.1 Å². The monoisotopic (exact) mass is 671 g/mol. The molecule has 3 aromatic rings. The molecular formula is C31H34ClN5O6S2. The van der Waals surface area contributed by atoms with E-state index in [1.807, 2.05) is 30.3 Å². The summed E-state index contributed by atoms with van der Waals surface area (Å²) in [6.45, 7) is 0.984. The van der Waals surface area contributed by atoms with Gasteiger partial charge >= 0.3 is 6.03 Å². The molecule has 11 nitrogen and oxygen atoms in total. The van der Waals surface area contributed by atoms with Crippen LogP contribution in [0, 0.1) is 0 Å². The van der Waals surface area contributed by atoms with E-state index in [2.05, 4.69) is 15.4 Å². The van der Waals surface area contributed by atoms with Crippen molar-refractivity contribution in [3.05, 3.63) is 81.4 Å². The van der Waals surface area contributed by atoms with Gasteiger partial charge in [-0.05, 0) is 80.3 Å². The van der Waals surface area contributed by atoms with E-state index >= 15 is 0 Å². The molecule has 3 heterocycles. The number of likely N-dealkylation sites (tertiary alicyclic amines) is 2. The minimum Gasteiger partial charge on any atom is -0.457 e. The first kappa shape index (κ1) is 32.5. The van der Waals surface area contributed by atoms with Crippen LogP contribution in [0.25, 0.3) is 6.08 Å². The predicted molar refractivity (Wildman–Crippen MR) is 175 cm³/mol.